The molecule has 2 amide bonds. The molecule has 0 saturated carbocycles. The summed E-state index contributed by atoms with van der Waals surface area (Å²) < 4.78 is 5.05. The van der Waals surface area contributed by atoms with Gasteiger partial charge in [0.25, 0.3) is 5.91 Å². The average molecular weight is 246 g/mol. The number of methoxy groups -OCH3 is 1. The maximum Gasteiger partial charge on any atom is 0.254 e. The molecule has 2 atom stereocenters. The molecular formula is C13H14N2O3. The molecule has 1 aromatic rings. The Balaban J connectivity index is 1.80. The first kappa shape index (κ1) is 11.1. The maximum absolute atomic E-state index is 12.3. The summed E-state index contributed by atoms with van der Waals surface area (Å²) >= 11 is 0. The van der Waals surface area contributed by atoms with Crippen molar-refractivity contribution in [2.75, 3.05) is 13.7 Å². The van der Waals surface area contributed by atoms with Gasteiger partial charge in [0.1, 0.15) is 11.8 Å². The number of carbonyl (C=O) groups excluding carboxylic acids is 2. The molecule has 2 saturated heterocycles. The van der Waals surface area contributed by atoms with Crippen molar-refractivity contribution < 1.29 is 14.3 Å². The zero-order valence-electron chi connectivity index (χ0n) is 10.1. The minimum atomic E-state index is -0.287. The molecule has 0 unspecified atom stereocenters. The van der Waals surface area contributed by atoms with E-state index in [2.05, 4.69) is 5.32 Å². The van der Waals surface area contributed by atoms with Crippen LogP contribution in [-0.2, 0) is 4.79 Å². The number of piperazine rings is 1. The number of amides is 2. The first-order valence-corrected chi connectivity index (χ1v) is 5.94. The largest absolute Gasteiger partial charge is 0.497 e. The maximum atomic E-state index is 12.3. The summed E-state index contributed by atoms with van der Waals surface area (Å²) in [7, 11) is 1.58. The van der Waals surface area contributed by atoms with Crippen molar-refractivity contribution >= 4 is 11.8 Å². The smallest absolute Gasteiger partial charge is 0.254 e. The standard InChI is InChI=1S/C13H14N2O3/c1-18-10-4-2-8(3-5-10)13(17)15-7-9-6-11(15)12(16)14-9/h2-5,9,11H,6-7H2,1H3,(H,14,16)/t9-,11-/m1/s1. The van der Waals surface area contributed by atoms with Crippen LogP contribution in [0, 0.1) is 0 Å². The SMILES string of the molecule is COc1ccc(C(=O)N2C[C@H]3C[C@@H]2C(=O)N3)cc1. The Morgan fingerprint density at radius 1 is 1.39 bits per heavy atom. The van der Waals surface area contributed by atoms with E-state index in [1.165, 1.54) is 0 Å². The predicted octanol–water partition coefficient (Wildman–Crippen LogP) is 0.408. The molecule has 2 bridgehead atoms. The molecule has 0 aromatic heterocycles. The lowest BCUT2D eigenvalue weighted by atomic mass is 10.1. The van der Waals surface area contributed by atoms with Crippen molar-refractivity contribution in [2.45, 2.75) is 18.5 Å². The van der Waals surface area contributed by atoms with E-state index in [1.807, 2.05) is 0 Å². The number of hydrogen-bond donors (Lipinski definition) is 1. The van der Waals surface area contributed by atoms with Gasteiger partial charge in [-0.1, -0.05) is 0 Å². The molecule has 3 rings (SSSR count). The van der Waals surface area contributed by atoms with E-state index >= 15 is 0 Å². The van der Waals surface area contributed by atoms with Crippen molar-refractivity contribution in [2.24, 2.45) is 0 Å². The molecule has 0 spiro atoms. The molecule has 1 N–H and O–H groups in total. The predicted molar refractivity (Wildman–Crippen MR) is 64.4 cm³/mol. The van der Waals surface area contributed by atoms with E-state index in [0.29, 0.717) is 17.9 Å². The Bertz CT molecular complexity index is 497. The highest BCUT2D eigenvalue weighted by atomic mass is 16.5. The van der Waals surface area contributed by atoms with Crippen LogP contribution in [0.4, 0.5) is 0 Å². The fourth-order valence-electron chi connectivity index (χ4n) is 2.61. The summed E-state index contributed by atoms with van der Waals surface area (Å²) in [5, 5.41) is 2.86. The number of nitrogens with zero attached hydrogens (tertiary/aromatic N) is 1. The van der Waals surface area contributed by atoms with Gasteiger partial charge in [-0.2, -0.15) is 0 Å². The van der Waals surface area contributed by atoms with Crippen molar-refractivity contribution in [1.29, 1.82) is 0 Å². The molecule has 2 aliphatic heterocycles. The lowest BCUT2D eigenvalue weighted by Gasteiger charge is -2.26. The van der Waals surface area contributed by atoms with Gasteiger partial charge in [0.15, 0.2) is 0 Å². The van der Waals surface area contributed by atoms with Gasteiger partial charge in [0.05, 0.1) is 7.11 Å². The molecule has 18 heavy (non-hydrogen) atoms. The summed E-state index contributed by atoms with van der Waals surface area (Å²) in [6.07, 6.45) is 0.737. The number of fused-ring (bicyclic) bond motifs is 2. The molecule has 0 aliphatic carbocycles. The minimum Gasteiger partial charge on any atom is -0.497 e. The van der Waals surface area contributed by atoms with Crippen LogP contribution in [0.25, 0.3) is 0 Å². The van der Waals surface area contributed by atoms with Gasteiger partial charge >= 0.3 is 0 Å². The van der Waals surface area contributed by atoms with E-state index < -0.39 is 0 Å². The van der Waals surface area contributed by atoms with Gasteiger partial charge in [-0.25, -0.2) is 0 Å². The van der Waals surface area contributed by atoms with E-state index in [1.54, 1.807) is 36.3 Å². The fraction of sp³-hybridized carbons (Fsp3) is 0.385. The third-order valence-electron chi connectivity index (χ3n) is 3.55. The van der Waals surface area contributed by atoms with Crippen molar-refractivity contribution in [1.82, 2.24) is 10.2 Å². The number of rotatable bonds is 2. The number of ether oxygens (including phenoxy) is 1. The number of carbonyl (C=O) groups is 2. The Labute approximate surface area is 105 Å². The van der Waals surface area contributed by atoms with Gasteiger partial charge in [-0.15, -0.1) is 0 Å². The molecule has 5 nitrogen and oxygen atoms in total. The summed E-state index contributed by atoms with van der Waals surface area (Å²) in [4.78, 5) is 25.5. The first-order chi connectivity index (χ1) is 8.69. The molecule has 94 valence electrons. The van der Waals surface area contributed by atoms with Gasteiger partial charge in [0.2, 0.25) is 5.91 Å². The van der Waals surface area contributed by atoms with Crippen LogP contribution in [0.2, 0.25) is 0 Å². The Hall–Kier alpha value is -2.04. The van der Waals surface area contributed by atoms with E-state index in [-0.39, 0.29) is 23.9 Å². The molecule has 1 aromatic carbocycles. The van der Waals surface area contributed by atoms with Crippen LogP contribution in [0.5, 0.6) is 5.75 Å². The lowest BCUT2D eigenvalue weighted by molar-refractivity contribution is -0.124. The van der Waals surface area contributed by atoms with Crippen LogP contribution in [0.3, 0.4) is 0 Å². The molecular weight excluding hydrogens is 232 g/mol. The monoisotopic (exact) mass is 246 g/mol. The summed E-state index contributed by atoms with van der Waals surface area (Å²) in [6.45, 7) is 0.612. The van der Waals surface area contributed by atoms with Crippen molar-refractivity contribution in [3.8, 4) is 5.75 Å². The first-order valence-electron chi connectivity index (χ1n) is 5.94. The fourth-order valence-corrected chi connectivity index (χ4v) is 2.61. The van der Waals surface area contributed by atoms with Crippen LogP contribution in [0.15, 0.2) is 24.3 Å². The Morgan fingerprint density at radius 3 is 2.67 bits per heavy atom. The number of benzene rings is 1. The molecule has 0 radical (unpaired) electrons. The highest BCUT2D eigenvalue weighted by Gasteiger charge is 2.46. The normalized spacial score (nSPS) is 25.2. The quantitative estimate of drug-likeness (QED) is 0.822. The van der Waals surface area contributed by atoms with Crippen LogP contribution in [0.1, 0.15) is 16.8 Å². The molecule has 2 fully saturated rings. The van der Waals surface area contributed by atoms with E-state index in [9.17, 15) is 9.59 Å². The molecule has 5 heteroatoms. The number of likely N-dealkylation sites (tertiary alicyclic amines) is 1. The Morgan fingerprint density at radius 2 is 2.11 bits per heavy atom. The third-order valence-corrected chi connectivity index (χ3v) is 3.55. The molecule has 2 heterocycles. The molecule has 2 aliphatic rings. The number of nitrogens with one attached hydrogen (secondary N) is 1. The van der Waals surface area contributed by atoms with Gasteiger partial charge in [0, 0.05) is 18.2 Å². The lowest BCUT2D eigenvalue weighted by Crippen LogP contribution is -2.50. The average Bonchev–Trinajstić information content (AvgIpc) is 2.97. The van der Waals surface area contributed by atoms with Crippen LogP contribution in [-0.4, -0.2) is 42.5 Å². The summed E-state index contributed by atoms with van der Waals surface area (Å²) in [5.41, 5.74) is 0.594. The van der Waals surface area contributed by atoms with Gasteiger partial charge in [-0.05, 0) is 30.7 Å². The Kier molecular flexibility index (Phi) is 2.47. The second kappa shape index (κ2) is 4.01. The second-order valence-corrected chi connectivity index (χ2v) is 4.64. The topological polar surface area (TPSA) is 58.6 Å². The highest BCUT2D eigenvalue weighted by Crippen LogP contribution is 2.26. The van der Waals surface area contributed by atoms with Crippen molar-refractivity contribution in [3.05, 3.63) is 29.8 Å². The van der Waals surface area contributed by atoms with Gasteiger partial charge < -0.3 is 15.0 Å². The third kappa shape index (κ3) is 1.63. The van der Waals surface area contributed by atoms with E-state index in [0.717, 1.165) is 6.42 Å². The van der Waals surface area contributed by atoms with Gasteiger partial charge in [-0.3, -0.25) is 9.59 Å². The zero-order chi connectivity index (χ0) is 12.7. The summed E-state index contributed by atoms with van der Waals surface area (Å²) in [6, 6.07) is 6.80. The summed E-state index contributed by atoms with van der Waals surface area (Å²) in [5.74, 6) is 0.598. The number of hydrogen-bond acceptors (Lipinski definition) is 3. The van der Waals surface area contributed by atoms with Crippen LogP contribution >= 0.6 is 0 Å². The minimum absolute atomic E-state index is 0.0342. The van der Waals surface area contributed by atoms with E-state index in [4.69, 9.17) is 4.74 Å². The second-order valence-electron chi connectivity index (χ2n) is 4.64. The highest BCUT2D eigenvalue weighted by molar-refractivity contribution is 5.99. The van der Waals surface area contributed by atoms with Crippen molar-refractivity contribution in [3.63, 3.8) is 0 Å². The zero-order valence-corrected chi connectivity index (χ0v) is 10.1. The van der Waals surface area contributed by atoms with Crippen LogP contribution < -0.4 is 10.1 Å².